The van der Waals surface area contributed by atoms with Gasteiger partial charge in [0.05, 0.1) is 12.7 Å². The SMILES string of the molecule is CC1=CC[C@H](C[C@H]2CO2)C1(C)C. The second kappa shape index (κ2) is 2.59. The smallest absolute Gasteiger partial charge is 0.0813 e. The summed E-state index contributed by atoms with van der Waals surface area (Å²) in [6, 6.07) is 0. The molecule has 1 saturated heterocycles. The second-order valence-corrected chi connectivity index (χ2v) is 4.73. The summed E-state index contributed by atoms with van der Waals surface area (Å²) < 4.78 is 5.28. The zero-order valence-corrected chi connectivity index (χ0v) is 8.26. The molecule has 12 heavy (non-hydrogen) atoms. The van der Waals surface area contributed by atoms with Gasteiger partial charge < -0.3 is 4.74 Å². The monoisotopic (exact) mass is 166 g/mol. The minimum Gasteiger partial charge on any atom is -0.373 e. The van der Waals surface area contributed by atoms with Gasteiger partial charge in [-0.1, -0.05) is 25.5 Å². The highest BCUT2D eigenvalue weighted by Gasteiger charge is 2.38. The van der Waals surface area contributed by atoms with E-state index in [9.17, 15) is 0 Å². The first-order valence-corrected chi connectivity index (χ1v) is 4.89. The fourth-order valence-electron chi connectivity index (χ4n) is 2.11. The van der Waals surface area contributed by atoms with Gasteiger partial charge in [0.15, 0.2) is 0 Å². The zero-order chi connectivity index (χ0) is 8.77. The highest BCUT2D eigenvalue weighted by Crippen LogP contribution is 2.46. The molecule has 0 bridgehead atoms. The number of ether oxygens (including phenoxy) is 1. The molecule has 1 fully saturated rings. The summed E-state index contributed by atoms with van der Waals surface area (Å²) in [6.07, 6.45) is 5.51. The maximum absolute atomic E-state index is 5.28. The maximum Gasteiger partial charge on any atom is 0.0813 e. The molecule has 68 valence electrons. The van der Waals surface area contributed by atoms with Gasteiger partial charge in [0.2, 0.25) is 0 Å². The quantitative estimate of drug-likeness (QED) is 0.454. The number of epoxide rings is 1. The molecule has 0 saturated carbocycles. The Morgan fingerprint density at radius 2 is 2.25 bits per heavy atom. The summed E-state index contributed by atoms with van der Waals surface area (Å²) in [7, 11) is 0. The lowest BCUT2D eigenvalue weighted by Gasteiger charge is -2.29. The van der Waals surface area contributed by atoms with Gasteiger partial charge in [0.1, 0.15) is 0 Å². The zero-order valence-electron chi connectivity index (χ0n) is 8.26. The van der Waals surface area contributed by atoms with Gasteiger partial charge in [-0.15, -0.1) is 0 Å². The molecule has 1 heteroatoms. The third-order valence-electron chi connectivity index (χ3n) is 3.70. The Labute approximate surface area is 74.8 Å². The van der Waals surface area contributed by atoms with Crippen molar-refractivity contribution in [2.24, 2.45) is 11.3 Å². The van der Waals surface area contributed by atoms with Crippen molar-refractivity contribution in [3.63, 3.8) is 0 Å². The minimum atomic E-state index is 0.423. The van der Waals surface area contributed by atoms with Gasteiger partial charge in [-0.3, -0.25) is 0 Å². The number of hydrogen-bond acceptors (Lipinski definition) is 1. The van der Waals surface area contributed by atoms with Crippen molar-refractivity contribution in [1.82, 2.24) is 0 Å². The van der Waals surface area contributed by atoms with Crippen LogP contribution >= 0.6 is 0 Å². The van der Waals surface area contributed by atoms with Crippen molar-refractivity contribution in [3.8, 4) is 0 Å². The summed E-state index contributed by atoms with van der Waals surface area (Å²) >= 11 is 0. The van der Waals surface area contributed by atoms with Crippen LogP contribution in [0, 0.1) is 11.3 Å². The Bertz CT molecular complexity index is 211. The summed E-state index contributed by atoms with van der Waals surface area (Å²) in [5.74, 6) is 0.824. The van der Waals surface area contributed by atoms with Crippen LogP contribution < -0.4 is 0 Å². The van der Waals surface area contributed by atoms with E-state index in [1.54, 1.807) is 5.57 Å². The van der Waals surface area contributed by atoms with Crippen LogP contribution in [-0.2, 0) is 4.74 Å². The maximum atomic E-state index is 5.28. The molecular formula is C11H18O. The highest BCUT2D eigenvalue weighted by molar-refractivity contribution is 5.18. The van der Waals surface area contributed by atoms with Gasteiger partial charge >= 0.3 is 0 Å². The molecule has 0 radical (unpaired) electrons. The first-order valence-electron chi connectivity index (χ1n) is 4.89. The number of allylic oxidation sites excluding steroid dienone is 2. The Balaban J connectivity index is 1.99. The summed E-state index contributed by atoms with van der Waals surface area (Å²) in [5, 5.41) is 0. The minimum absolute atomic E-state index is 0.423. The largest absolute Gasteiger partial charge is 0.373 e. The first kappa shape index (κ1) is 8.31. The normalized spacial score (nSPS) is 38.1. The van der Waals surface area contributed by atoms with Gasteiger partial charge in [-0.05, 0) is 31.1 Å². The van der Waals surface area contributed by atoms with Gasteiger partial charge in [-0.25, -0.2) is 0 Å². The fourth-order valence-corrected chi connectivity index (χ4v) is 2.11. The molecule has 0 amide bonds. The Morgan fingerprint density at radius 1 is 1.58 bits per heavy atom. The summed E-state index contributed by atoms with van der Waals surface area (Å²) in [5.41, 5.74) is 1.99. The van der Waals surface area contributed by atoms with Crippen molar-refractivity contribution in [2.45, 2.75) is 39.7 Å². The molecule has 0 spiro atoms. The van der Waals surface area contributed by atoms with Crippen LogP contribution in [0.3, 0.4) is 0 Å². The van der Waals surface area contributed by atoms with Crippen LogP contribution in [0.4, 0.5) is 0 Å². The molecule has 1 aliphatic carbocycles. The average molecular weight is 166 g/mol. The third-order valence-corrected chi connectivity index (χ3v) is 3.70. The molecule has 1 aliphatic heterocycles. The van der Waals surface area contributed by atoms with Crippen molar-refractivity contribution in [3.05, 3.63) is 11.6 Å². The molecular weight excluding hydrogens is 148 g/mol. The van der Waals surface area contributed by atoms with Crippen LogP contribution in [0.5, 0.6) is 0 Å². The molecule has 0 aromatic carbocycles. The molecule has 0 aromatic heterocycles. The van der Waals surface area contributed by atoms with E-state index in [-0.39, 0.29) is 0 Å². The molecule has 0 unspecified atom stereocenters. The van der Waals surface area contributed by atoms with Crippen LogP contribution in [-0.4, -0.2) is 12.7 Å². The van der Waals surface area contributed by atoms with Crippen LogP contribution in [0.15, 0.2) is 11.6 Å². The first-order chi connectivity index (χ1) is 5.60. The molecule has 0 aromatic rings. The predicted molar refractivity (Wildman–Crippen MR) is 50.0 cm³/mol. The lowest BCUT2D eigenvalue weighted by Crippen LogP contribution is -2.21. The lowest BCUT2D eigenvalue weighted by atomic mass is 9.76. The van der Waals surface area contributed by atoms with Crippen LogP contribution in [0.25, 0.3) is 0 Å². The van der Waals surface area contributed by atoms with E-state index in [1.165, 1.54) is 12.8 Å². The number of hydrogen-bond donors (Lipinski definition) is 0. The van der Waals surface area contributed by atoms with Gasteiger partial charge in [-0.2, -0.15) is 0 Å². The van der Waals surface area contributed by atoms with Crippen molar-refractivity contribution in [2.75, 3.05) is 6.61 Å². The molecule has 2 rings (SSSR count). The topological polar surface area (TPSA) is 12.5 Å². The van der Waals surface area contributed by atoms with Crippen molar-refractivity contribution in [1.29, 1.82) is 0 Å². The Morgan fingerprint density at radius 3 is 2.67 bits per heavy atom. The third kappa shape index (κ3) is 1.31. The molecule has 2 aliphatic rings. The predicted octanol–water partition coefficient (Wildman–Crippen LogP) is 2.77. The lowest BCUT2D eigenvalue weighted by molar-refractivity contribution is 0.246. The molecule has 1 heterocycles. The standard InChI is InChI=1S/C11H18O/c1-8-4-5-9(11(8,2)3)6-10-7-12-10/h4,9-10H,5-7H2,1-3H3/t9-,10+/m1/s1. The fraction of sp³-hybridized carbons (Fsp3) is 0.818. The van der Waals surface area contributed by atoms with E-state index < -0.39 is 0 Å². The van der Waals surface area contributed by atoms with E-state index in [0.717, 1.165) is 12.5 Å². The Hall–Kier alpha value is -0.300. The summed E-state index contributed by atoms with van der Waals surface area (Å²) in [4.78, 5) is 0. The van der Waals surface area contributed by atoms with E-state index in [2.05, 4.69) is 26.8 Å². The highest BCUT2D eigenvalue weighted by atomic mass is 16.6. The van der Waals surface area contributed by atoms with Gasteiger partial charge in [0, 0.05) is 0 Å². The molecule has 0 N–H and O–H groups in total. The number of rotatable bonds is 2. The van der Waals surface area contributed by atoms with Gasteiger partial charge in [0.25, 0.3) is 0 Å². The van der Waals surface area contributed by atoms with Crippen LogP contribution in [0.2, 0.25) is 0 Å². The van der Waals surface area contributed by atoms with Crippen molar-refractivity contribution < 1.29 is 4.74 Å². The van der Waals surface area contributed by atoms with Crippen molar-refractivity contribution >= 4 is 0 Å². The van der Waals surface area contributed by atoms with E-state index in [1.807, 2.05) is 0 Å². The average Bonchev–Trinajstić information content (AvgIpc) is 2.75. The summed E-state index contributed by atoms with van der Waals surface area (Å²) in [6.45, 7) is 7.98. The van der Waals surface area contributed by atoms with E-state index in [4.69, 9.17) is 4.74 Å². The van der Waals surface area contributed by atoms with E-state index >= 15 is 0 Å². The van der Waals surface area contributed by atoms with E-state index in [0.29, 0.717) is 11.5 Å². The Kier molecular flexibility index (Phi) is 1.80. The second-order valence-electron chi connectivity index (χ2n) is 4.73. The molecule has 1 nitrogen and oxygen atoms in total. The molecule has 2 atom stereocenters. The van der Waals surface area contributed by atoms with Crippen LogP contribution in [0.1, 0.15) is 33.6 Å².